The average Bonchev–Trinajstić information content (AvgIpc) is 2.37. The van der Waals surface area contributed by atoms with Gasteiger partial charge in [-0.3, -0.25) is 0 Å². The summed E-state index contributed by atoms with van der Waals surface area (Å²) < 4.78 is 5.74. The molecule has 3 N–H and O–H groups in total. The minimum absolute atomic E-state index is 0.119. The minimum Gasteiger partial charge on any atom is -0.394 e. The molecular weight excluding hydrogens is 230 g/mol. The molecule has 2 aliphatic rings. The van der Waals surface area contributed by atoms with E-state index in [0.717, 1.165) is 25.7 Å². The Kier molecular flexibility index (Phi) is 5.42. The van der Waals surface area contributed by atoms with Gasteiger partial charge in [-0.2, -0.15) is 0 Å². The van der Waals surface area contributed by atoms with Crippen LogP contribution in [-0.4, -0.2) is 47.7 Å². The van der Waals surface area contributed by atoms with Crippen LogP contribution >= 0.6 is 0 Å². The summed E-state index contributed by atoms with van der Waals surface area (Å²) >= 11 is 0. The molecule has 2 rings (SSSR count). The van der Waals surface area contributed by atoms with Gasteiger partial charge < -0.3 is 20.3 Å². The number of hydrogen-bond donors (Lipinski definition) is 3. The first-order chi connectivity index (χ1) is 8.74. The minimum atomic E-state index is -0.462. The smallest absolute Gasteiger partial charge is 0.0898 e. The molecule has 0 bridgehead atoms. The highest BCUT2D eigenvalue weighted by atomic mass is 16.5. The lowest BCUT2D eigenvalue weighted by atomic mass is 9.77. The molecule has 2 fully saturated rings. The van der Waals surface area contributed by atoms with E-state index in [-0.39, 0.29) is 12.1 Å². The van der Waals surface area contributed by atoms with Crippen LogP contribution in [0.5, 0.6) is 0 Å². The van der Waals surface area contributed by atoms with Gasteiger partial charge in [0.05, 0.1) is 25.4 Å². The number of ether oxygens (including phenoxy) is 1. The second-order valence-corrected chi connectivity index (χ2v) is 5.92. The van der Waals surface area contributed by atoms with E-state index in [0.29, 0.717) is 19.3 Å². The molecule has 18 heavy (non-hydrogen) atoms. The fraction of sp³-hybridized carbons (Fsp3) is 1.00. The van der Waals surface area contributed by atoms with E-state index in [2.05, 4.69) is 5.32 Å². The van der Waals surface area contributed by atoms with Crippen LogP contribution in [0.4, 0.5) is 0 Å². The van der Waals surface area contributed by atoms with Crippen molar-refractivity contribution in [3.63, 3.8) is 0 Å². The van der Waals surface area contributed by atoms with Crippen LogP contribution < -0.4 is 5.32 Å². The number of hydrogen-bond acceptors (Lipinski definition) is 4. The highest BCUT2D eigenvalue weighted by molar-refractivity contribution is 4.95. The Balaban J connectivity index is 1.58. The largest absolute Gasteiger partial charge is 0.394 e. The maximum atomic E-state index is 9.89. The Morgan fingerprint density at radius 1 is 1.17 bits per heavy atom. The van der Waals surface area contributed by atoms with E-state index >= 15 is 0 Å². The van der Waals surface area contributed by atoms with Gasteiger partial charge in [0.15, 0.2) is 0 Å². The summed E-state index contributed by atoms with van der Waals surface area (Å²) in [7, 11) is 0. The lowest BCUT2D eigenvalue weighted by Crippen LogP contribution is -2.56. The summed E-state index contributed by atoms with van der Waals surface area (Å²) in [5, 5.41) is 22.5. The summed E-state index contributed by atoms with van der Waals surface area (Å²) in [5.74, 6) is 0. The second kappa shape index (κ2) is 6.85. The fourth-order valence-electron chi connectivity index (χ4n) is 2.87. The van der Waals surface area contributed by atoms with Gasteiger partial charge in [-0.15, -0.1) is 0 Å². The first kappa shape index (κ1) is 14.3. The molecule has 0 aromatic heterocycles. The quantitative estimate of drug-likeness (QED) is 0.641. The van der Waals surface area contributed by atoms with Crippen molar-refractivity contribution in [2.24, 2.45) is 0 Å². The summed E-state index contributed by atoms with van der Waals surface area (Å²) in [6.07, 6.45) is 9.20. The predicted octanol–water partition coefficient (Wildman–Crippen LogP) is 1.20. The number of aliphatic hydroxyl groups excluding tert-OH is 2. The molecule has 2 aliphatic carbocycles. The van der Waals surface area contributed by atoms with Crippen LogP contribution in [0.2, 0.25) is 0 Å². The molecule has 0 spiro atoms. The Labute approximate surface area is 110 Å². The van der Waals surface area contributed by atoms with Crippen LogP contribution in [0.3, 0.4) is 0 Å². The molecule has 0 aliphatic heterocycles. The van der Waals surface area contributed by atoms with Gasteiger partial charge in [0.2, 0.25) is 0 Å². The van der Waals surface area contributed by atoms with Gasteiger partial charge in [-0.05, 0) is 32.1 Å². The third-order valence-corrected chi connectivity index (χ3v) is 4.40. The molecule has 0 saturated heterocycles. The van der Waals surface area contributed by atoms with Gasteiger partial charge in [-0.1, -0.05) is 19.3 Å². The number of aliphatic hydroxyl groups is 2. The standard InChI is InChI=1S/C14H27NO3/c16-11-14(7-4-8-14)15-9-12(17)10-18-13-5-2-1-3-6-13/h12-13,15-17H,1-11H2. The van der Waals surface area contributed by atoms with Crippen molar-refractivity contribution in [2.45, 2.75) is 69.1 Å². The van der Waals surface area contributed by atoms with E-state index in [1.165, 1.54) is 25.7 Å². The Bertz CT molecular complexity index is 232. The lowest BCUT2D eigenvalue weighted by molar-refractivity contribution is -0.0288. The number of nitrogens with one attached hydrogen (secondary N) is 1. The molecule has 4 heteroatoms. The topological polar surface area (TPSA) is 61.7 Å². The van der Waals surface area contributed by atoms with Crippen molar-refractivity contribution < 1.29 is 14.9 Å². The second-order valence-electron chi connectivity index (χ2n) is 5.92. The predicted molar refractivity (Wildman–Crippen MR) is 70.5 cm³/mol. The average molecular weight is 257 g/mol. The third-order valence-electron chi connectivity index (χ3n) is 4.40. The van der Waals surface area contributed by atoms with E-state index in [9.17, 15) is 10.2 Å². The molecule has 1 atom stereocenters. The number of β-amino-alcohol motifs (C(OH)–C–C–N with tert-alkyl or cyclic N) is 1. The maximum Gasteiger partial charge on any atom is 0.0898 e. The summed E-state index contributed by atoms with van der Waals surface area (Å²) in [4.78, 5) is 0. The molecule has 0 aromatic carbocycles. The first-order valence-corrected chi connectivity index (χ1v) is 7.40. The molecule has 0 heterocycles. The van der Waals surface area contributed by atoms with Crippen LogP contribution in [-0.2, 0) is 4.74 Å². The monoisotopic (exact) mass is 257 g/mol. The zero-order valence-electron chi connectivity index (χ0n) is 11.2. The highest BCUT2D eigenvalue weighted by Gasteiger charge is 2.36. The SMILES string of the molecule is OCC1(NCC(O)COC2CCCCC2)CCC1. The normalized spacial score (nSPS) is 25.7. The summed E-state index contributed by atoms with van der Waals surface area (Å²) in [6.45, 7) is 1.11. The Hall–Kier alpha value is -0.160. The zero-order chi connectivity index (χ0) is 12.8. The Morgan fingerprint density at radius 3 is 2.44 bits per heavy atom. The lowest BCUT2D eigenvalue weighted by Gasteiger charge is -2.41. The van der Waals surface area contributed by atoms with Gasteiger partial charge in [0, 0.05) is 12.1 Å². The molecule has 0 aromatic rings. The van der Waals surface area contributed by atoms with E-state index in [4.69, 9.17) is 4.74 Å². The molecule has 0 amide bonds. The van der Waals surface area contributed by atoms with Gasteiger partial charge >= 0.3 is 0 Å². The van der Waals surface area contributed by atoms with Crippen LogP contribution in [0, 0.1) is 0 Å². The van der Waals surface area contributed by atoms with E-state index < -0.39 is 6.10 Å². The van der Waals surface area contributed by atoms with Gasteiger partial charge in [0.1, 0.15) is 0 Å². The van der Waals surface area contributed by atoms with Gasteiger partial charge in [-0.25, -0.2) is 0 Å². The highest BCUT2D eigenvalue weighted by Crippen LogP contribution is 2.31. The first-order valence-electron chi connectivity index (χ1n) is 7.40. The molecule has 1 unspecified atom stereocenters. The van der Waals surface area contributed by atoms with Crippen molar-refractivity contribution in [2.75, 3.05) is 19.8 Å². The number of rotatable bonds is 7. The molecular formula is C14H27NO3. The van der Waals surface area contributed by atoms with Gasteiger partial charge in [0.25, 0.3) is 0 Å². The van der Waals surface area contributed by atoms with Crippen molar-refractivity contribution in [1.29, 1.82) is 0 Å². The van der Waals surface area contributed by atoms with Crippen molar-refractivity contribution in [3.05, 3.63) is 0 Å². The molecule has 2 saturated carbocycles. The zero-order valence-corrected chi connectivity index (χ0v) is 11.2. The van der Waals surface area contributed by atoms with E-state index in [1.807, 2.05) is 0 Å². The third kappa shape index (κ3) is 3.92. The van der Waals surface area contributed by atoms with Crippen LogP contribution in [0.1, 0.15) is 51.4 Å². The van der Waals surface area contributed by atoms with Crippen molar-refractivity contribution in [3.8, 4) is 0 Å². The van der Waals surface area contributed by atoms with Crippen LogP contribution in [0.15, 0.2) is 0 Å². The van der Waals surface area contributed by atoms with E-state index in [1.54, 1.807) is 0 Å². The van der Waals surface area contributed by atoms with Crippen LogP contribution in [0.25, 0.3) is 0 Å². The van der Waals surface area contributed by atoms with Crippen molar-refractivity contribution >= 4 is 0 Å². The molecule has 106 valence electrons. The van der Waals surface area contributed by atoms with Crippen molar-refractivity contribution in [1.82, 2.24) is 5.32 Å². The maximum absolute atomic E-state index is 9.89. The summed E-state index contributed by atoms with van der Waals surface area (Å²) in [5.41, 5.74) is -0.119. The fourth-order valence-corrected chi connectivity index (χ4v) is 2.87. The summed E-state index contributed by atoms with van der Waals surface area (Å²) in [6, 6.07) is 0. The molecule has 4 nitrogen and oxygen atoms in total. The molecule has 0 radical (unpaired) electrons. The Morgan fingerprint density at radius 2 is 1.89 bits per heavy atom.